The number of nitrogens with zero attached hydrogens (tertiary/aromatic N) is 2. The van der Waals surface area contributed by atoms with Crippen molar-refractivity contribution in [2.75, 3.05) is 0 Å². The molecule has 0 radical (unpaired) electrons. The lowest BCUT2D eigenvalue weighted by atomic mass is 9.84. The molecule has 0 saturated heterocycles. The minimum absolute atomic E-state index is 0.00448. The third kappa shape index (κ3) is 2.93. The zero-order valence-corrected chi connectivity index (χ0v) is 13.3. The Morgan fingerprint density at radius 1 is 1.21 bits per heavy atom. The molecule has 1 aliphatic heterocycles. The number of aliphatic carboxylic acids is 1. The number of hydrogen-bond acceptors (Lipinski definition) is 6. The van der Waals surface area contributed by atoms with Gasteiger partial charge in [-0.15, -0.1) is 0 Å². The number of non-ortho nitro benzene ring substituents is 1. The number of allylic oxidation sites excluding steroid dienone is 3. The van der Waals surface area contributed by atoms with Crippen LogP contribution in [0.5, 0.6) is 0 Å². The highest BCUT2D eigenvalue weighted by atomic mass is 35.5. The Hall–Kier alpha value is -2.94. The highest BCUT2D eigenvalue weighted by molar-refractivity contribution is 6.31. The first-order valence-corrected chi connectivity index (χ1v) is 7.03. The number of nitro groups is 2. The van der Waals surface area contributed by atoms with E-state index in [2.05, 4.69) is 5.32 Å². The summed E-state index contributed by atoms with van der Waals surface area (Å²) in [5.41, 5.74) is -0.686. The van der Waals surface area contributed by atoms with Gasteiger partial charge in [0.2, 0.25) is 0 Å². The Kier molecular flexibility index (Phi) is 4.56. The van der Waals surface area contributed by atoms with Crippen molar-refractivity contribution in [3.05, 3.63) is 71.7 Å². The third-order valence-corrected chi connectivity index (χ3v) is 4.00. The fourth-order valence-electron chi connectivity index (χ4n) is 2.68. The summed E-state index contributed by atoms with van der Waals surface area (Å²) in [7, 11) is 0. The highest BCUT2D eigenvalue weighted by Crippen LogP contribution is 2.42. The number of hydrogen-bond donors (Lipinski definition) is 2. The van der Waals surface area contributed by atoms with E-state index >= 15 is 0 Å². The number of rotatable bonds is 4. The van der Waals surface area contributed by atoms with Gasteiger partial charge >= 0.3 is 5.97 Å². The molecule has 0 spiro atoms. The topological polar surface area (TPSA) is 136 Å². The standard InChI is InChI=1S/C14H12ClN3O6/c1-6-11(14(19)20)12(13(18(23)24)7(2)16-6)9-5-8(17(21)22)3-4-10(9)15/h3-5,12,16H,1-2H3,(H,19,20). The van der Waals surface area contributed by atoms with Gasteiger partial charge in [-0.3, -0.25) is 20.2 Å². The van der Waals surface area contributed by atoms with E-state index in [0.29, 0.717) is 0 Å². The number of nitro benzene ring substituents is 1. The van der Waals surface area contributed by atoms with Crippen LogP contribution < -0.4 is 5.32 Å². The molecular formula is C14H12ClN3O6. The summed E-state index contributed by atoms with van der Waals surface area (Å²) in [4.78, 5) is 32.7. The molecule has 1 aromatic carbocycles. The molecular weight excluding hydrogens is 342 g/mol. The van der Waals surface area contributed by atoms with Gasteiger partial charge < -0.3 is 10.4 Å². The molecule has 24 heavy (non-hydrogen) atoms. The maximum atomic E-state index is 11.6. The average Bonchev–Trinajstić information content (AvgIpc) is 2.45. The molecule has 1 aliphatic rings. The van der Waals surface area contributed by atoms with Crippen molar-refractivity contribution >= 4 is 23.3 Å². The van der Waals surface area contributed by atoms with E-state index in [1.165, 1.54) is 19.9 Å². The lowest BCUT2D eigenvalue weighted by Gasteiger charge is -2.25. The van der Waals surface area contributed by atoms with Crippen LogP contribution in [0.25, 0.3) is 0 Å². The number of halogens is 1. The highest BCUT2D eigenvalue weighted by Gasteiger charge is 2.41. The molecule has 0 amide bonds. The molecule has 126 valence electrons. The molecule has 1 unspecified atom stereocenters. The van der Waals surface area contributed by atoms with E-state index in [0.717, 1.165) is 12.1 Å². The van der Waals surface area contributed by atoms with E-state index in [1.54, 1.807) is 0 Å². The number of benzene rings is 1. The molecule has 0 aromatic heterocycles. The van der Waals surface area contributed by atoms with Crippen LogP contribution in [0.2, 0.25) is 5.02 Å². The van der Waals surface area contributed by atoms with E-state index in [9.17, 15) is 30.1 Å². The van der Waals surface area contributed by atoms with Crippen molar-refractivity contribution in [2.45, 2.75) is 19.8 Å². The summed E-state index contributed by atoms with van der Waals surface area (Å²) in [5.74, 6) is -2.70. The van der Waals surface area contributed by atoms with Gasteiger partial charge in [-0.2, -0.15) is 0 Å². The second kappa shape index (κ2) is 6.28. The Bertz CT molecular complexity index is 794. The Labute approximate surface area is 140 Å². The van der Waals surface area contributed by atoms with Crippen LogP contribution in [0.15, 0.2) is 40.9 Å². The summed E-state index contributed by atoms with van der Waals surface area (Å²) in [6.45, 7) is 2.89. The summed E-state index contributed by atoms with van der Waals surface area (Å²) in [5, 5.41) is 34.6. The second-order valence-corrected chi connectivity index (χ2v) is 5.54. The van der Waals surface area contributed by atoms with Gasteiger partial charge in [-0.05, 0) is 25.5 Å². The van der Waals surface area contributed by atoms with Gasteiger partial charge in [0.25, 0.3) is 11.4 Å². The van der Waals surface area contributed by atoms with Crippen LogP contribution in [0.3, 0.4) is 0 Å². The first-order chi connectivity index (χ1) is 11.1. The number of carboxylic acid groups (broad SMARTS) is 1. The summed E-state index contributed by atoms with van der Waals surface area (Å²) in [6.07, 6.45) is 0. The first kappa shape index (κ1) is 17.4. The Balaban J connectivity index is 2.80. The van der Waals surface area contributed by atoms with Gasteiger partial charge in [0.1, 0.15) is 5.92 Å². The normalized spacial score (nSPS) is 17.5. The molecule has 2 N–H and O–H groups in total. The van der Waals surface area contributed by atoms with E-state index in [1.807, 2.05) is 0 Å². The SMILES string of the molecule is CC1=C(C(=O)O)C(c2cc([N+](=O)[O-])ccc2Cl)C([N+](=O)[O-])=C(C)N1. The maximum absolute atomic E-state index is 11.6. The molecule has 1 atom stereocenters. The van der Waals surface area contributed by atoms with Crippen LogP contribution in [-0.2, 0) is 4.79 Å². The van der Waals surface area contributed by atoms with Crippen molar-refractivity contribution in [1.82, 2.24) is 5.32 Å². The van der Waals surface area contributed by atoms with Gasteiger partial charge in [0.15, 0.2) is 0 Å². The fourth-order valence-corrected chi connectivity index (χ4v) is 2.90. The summed E-state index contributed by atoms with van der Waals surface area (Å²) >= 11 is 6.07. The molecule has 0 aliphatic carbocycles. The summed E-state index contributed by atoms with van der Waals surface area (Å²) in [6, 6.07) is 3.43. The largest absolute Gasteiger partial charge is 0.478 e. The van der Waals surface area contributed by atoms with Gasteiger partial charge in [0.05, 0.1) is 21.1 Å². The molecule has 0 saturated carbocycles. The third-order valence-electron chi connectivity index (χ3n) is 3.65. The minimum atomic E-state index is -1.38. The molecule has 2 rings (SSSR count). The van der Waals surface area contributed by atoms with E-state index in [4.69, 9.17) is 11.6 Å². The zero-order chi connectivity index (χ0) is 18.2. The Morgan fingerprint density at radius 2 is 1.83 bits per heavy atom. The van der Waals surface area contributed by atoms with Gasteiger partial charge in [0, 0.05) is 22.9 Å². The lowest BCUT2D eigenvalue weighted by Crippen LogP contribution is -2.31. The average molecular weight is 354 g/mol. The molecule has 0 fully saturated rings. The van der Waals surface area contributed by atoms with Gasteiger partial charge in [-0.1, -0.05) is 11.6 Å². The molecule has 1 aromatic rings. The van der Waals surface area contributed by atoms with Gasteiger partial charge in [-0.25, -0.2) is 4.79 Å². The number of carboxylic acids is 1. The second-order valence-electron chi connectivity index (χ2n) is 5.13. The number of carbonyl (C=O) groups is 1. The smallest absolute Gasteiger partial charge is 0.334 e. The van der Waals surface area contributed by atoms with Crippen molar-refractivity contribution in [2.24, 2.45) is 0 Å². The maximum Gasteiger partial charge on any atom is 0.334 e. The molecule has 1 heterocycles. The zero-order valence-electron chi connectivity index (χ0n) is 12.6. The van der Waals surface area contributed by atoms with Crippen molar-refractivity contribution in [3.63, 3.8) is 0 Å². The number of nitrogens with one attached hydrogen (secondary N) is 1. The van der Waals surface area contributed by atoms with Crippen LogP contribution >= 0.6 is 11.6 Å². The Morgan fingerprint density at radius 3 is 2.33 bits per heavy atom. The summed E-state index contributed by atoms with van der Waals surface area (Å²) < 4.78 is 0. The first-order valence-electron chi connectivity index (χ1n) is 6.65. The van der Waals surface area contributed by atoms with E-state index in [-0.39, 0.29) is 33.2 Å². The molecule has 0 bridgehead atoms. The van der Waals surface area contributed by atoms with Crippen LogP contribution in [0.4, 0.5) is 5.69 Å². The van der Waals surface area contributed by atoms with Crippen LogP contribution in [-0.4, -0.2) is 20.9 Å². The molecule has 10 heteroatoms. The van der Waals surface area contributed by atoms with Crippen molar-refractivity contribution < 1.29 is 19.7 Å². The minimum Gasteiger partial charge on any atom is -0.478 e. The quantitative estimate of drug-likeness (QED) is 0.627. The predicted molar refractivity (Wildman–Crippen MR) is 84.0 cm³/mol. The van der Waals surface area contributed by atoms with Crippen molar-refractivity contribution in [3.8, 4) is 0 Å². The predicted octanol–water partition coefficient (Wildman–Crippen LogP) is 2.80. The van der Waals surface area contributed by atoms with E-state index < -0.39 is 27.4 Å². The number of dihydropyridines is 1. The molecule has 9 nitrogen and oxygen atoms in total. The van der Waals surface area contributed by atoms with Crippen molar-refractivity contribution in [1.29, 1.82) is 0 Å². The monoisotopic (exact) mass is 353 g/mol. The fraction of sp³-hybridized carbons (Fsp3) is 0.214. The lowest BCUT2D eigenvalue weighted by molar-refractivity contribution is -0.431. The van der Waals surface area contributed by atoms with Crippen LogP contribution in [0.1, 0.15) is 25.3 Å². The van der Waals surface area contributed by atoms with Crippen LogP contribution in [0, 0.1) is 20.2 Å².